The number of carbonyl (C=O) groups is 1. The van der Waals surface area contributed by atoms with Gasteiger partial charge < -0.3 is 4.74 Å². The first-order valence-electron chi connectivity index (χ1n) is 9.33. The van der Waals surface area contributed by atoms with Crippen LogP contribution in [-0.4, -0.2) is 13.1 Å². The minimum Gasteiger partial charge on any atom is -0.469 e. The quantitative estimate of drug-likeness (QED) is 0.222. The molecule has 0 heterocycles. The van der Waals surface area contributed by atoms with Crippen LogP contribution in [0.5, 0.6) is 0 Å². The van der Waals surface area contributed by atoms with Gasteiger partial charge in [0.25, 0.3) is 0 Å². The molecule has 0 aromatic rings. The highest BCUT2D eigenvalue weighted by molar-refractivity contribution is 5.68. The summed E-state index contributed by atoms with van der Waals surface area (Å²) in [5.41, 5.74) is 0. The summed E-state index contributed by atoms with van der Waals surface area (Å²) in [6, 6.07) is 0. The van der Waals surface area contributed by atoms with Gasteiger partial charge in [-0.1, -0.05) is 64.7 Å². The predicted octanol–water partition coefficient (Wildman–Crippen LogP) is 6.03. The Kier molecular flexibility index (Phi) is 17.3. The molecule has 0 N–H and O–H groups in total. The number of rotatable bonds is 14. The van der Waals surface area contributed by atoms with E-state index >= 15 is 0 Å². The van der Waals surface area contributed by atoms with Gasteiger partial charge in [-0.2, -0.15) is 0 Å². The summed E-state index contributed by atoms with van der Waals surface area (Å²) in [5.74, 6) is 6.34. The van der Waals surface area contributed by atoms with Crippen molar-refractivity contribution >= 4 is 5.97 Å². The molecule has 0 aromatic carbocycles. The zero-order chi connectivity index (χ0) is 16.3. The Balaban J connectivity index is 3.13. The van der Waals surface area contributed by atoms with Crippen LogP contribution in [-0.2, 0) is 9.53 Å². The van der Waals surface area contributed by atoms with Crippen molar-refractivity contribution in [2.24, 2.45) is 0 Å². The Morgan fingerprint density at radius 3 is 1.68 bits per heavy atom. The predicted molar refractivity (Wildman–Crippen MR) is 94.7 cm³/mol. The molecule has 0 bridgehead atoms. The number of carbonyl (C=O) groups excluding carboxylic acids is 1. The molecule has 0 fully saturated rings. The smallest absolute Gasteiger partial charge is 0.305 e. The molecule has 0 radical (unpaired) electrons. The van der Waals surface area contributed by atoms with E-state index in [9.17, 15) is 4.79 Å². The number of esters is 1. The van der Waals surface area contributed by atoms with Crippen LogP contribution in [0.3, 0.4) is 0 Å². The van der Waals surface area contributed by atoms with Crippen molar-refractivity contribution in [2.75, 3.05) is 7.11 Å². The lowest BCUT2D eigenvalue weighted by molar-refractivity contribution is -0.140. The third kappa shape index (κ3) is 17.1. The van der Waals surface area contributed by atoms with Gasteiger partial charge in [-0.25, -0.2) is 0 Å². The van der Waals surface area contributed by atoms with Crippen molar-refractivity contribution in [1.82, 2.24) is 0 Å². The highest BCUT2D eigenvalue weighted by Gasteiger charge is 1.97. The van der Waals surface area contributed by atoms with E-state index in [0.29, 0.717) is 6.42 Å². The normalized spacial score (nSPS) is 10.1. The minimum atomic E-state index is -0.113. The average Bonchev–Trinajstić information content (AvgIpc) is 2.54. The Morgan fingerprint density at radius 2 is 1.18 bits per heavy atom. The molecule has 0 aliphatic heterocycles. The van der Waals surface area contributed by atoms with E-state index < -0.39 is 0 Å². The molecule has 0 aliphatic carbocycles. The van der Waals surface area contributed by atoms with E-state index in [1.165, 1.54) is 71.3 Å². The van der Waals surface area contributed by atoms with Crippen molar-refractivity contribution in [2.45, 2.75) is 103 Å². The summed E-state index contributed by atoms with van der Waals surface area (Å²) in [7, 11) is 1.44. The van der Waals surface area contributed by atoms with Crippen molar-refractivity contribution < 1.29 is 9.53 Å². The molecule has 0 atom stereocenters. The van der Waals surface area contributed by atoms with Gasteiger partial charge in [-0.15, -0.1) is 11.8 Å². The van der Waals surface area contributed by atoms with Crippen LogP contribution < -0.4 is 0 Å². The fourth-order valence-electron chi connectivity index (χ4n) is 2.46. The third-order valence-corrected chi connectivity index (χ3v) is 3.94. The molecule has 2 heteroatoms. The lowest BCUT2D eigenvalue weighted by Gasteiger charge is -2.00. The second kappa shape index (κ2) is 18.1. The molecule has 22 heavy (non-hydrogen) atoms. The molecule has 0 aromatic heterocycles. The van der Waals surface area contributed by atoms with E-state index in [-0.39, 0.29) is 5.97 Å². The fraction of sp³-hybridized carbons (Fsp3) is 0.850. The molecule has 0 amide bonds. The molecule has 0 unspecified atom stereocenters. The maximum absolute atomic E-state index is 10.9. The largest absolute Gasteiger partial charge is 0.469 e. The van der Waals surface area contributed by atoms with Gasteiger partial charge in [0.2, 0.25) is 0 Å². The van der Waals surface area contributed by atoms with Crippen molar-refractivity contribution in [3.63, 3.8) is 0 Å². The number of hydrogen-bond acceptors (Lipinski definition) is 2. The molecular formula is C20H36O2. The van der Waals surface area contributed by atoms with Crippen molar-refractivity contribution in [1.29, 1.82) is 0 Å². The minimum absolute atomic E-state index is 0.113. The van der Waals surface area contributed by atoms with E-state index in [0.717, 1.165) is 25.7 Å². The van der Waals surface area contributed by atoms with Crippen molar-refractivity contribution in [3.05, 3.63) is 0 Å². The monoisotopic (exact) mass is 308 g/mol. The zero-order valence-corrected chi connectivity index (χ0v) is 14.9. The van der Waals surface area contributed by atoms with Gasteiger partial charge in [-0.3, -0.25) is 4.79 Å². The maximum Gasteiger partial charge on any atom is 0.305 e. The highest BCUT2D eigenvalue weighted by atomic mass is 16.5. The summed E-state index contributed by atoms with van der Waals surface area (Å²) in [4.78, 5) is 10.9. The standard InChI is InChI=1S/C20H36O2/c1-3-4-5-6-7-8-9-10-11-12-13-14-15-16-17-18-19-20(21)22-2/h3-13,16-19H2,1-2H3. The topological polar surface area (TPSA) is 26.3 Å². The van der Waals surface area contributed by atoms with Gasteiger partial charge in [0.1, 0.15) is 0 Å². The second-order valence-electron chi connectivity index (χ2n) is 6.07. The van der Waals surface area contributed by atoms with Crippen LogP contribution in [0.2, 0.25) is 0 Å². The van der Waals surface area contributed by atoms with Gasteiger partial charge in [-0.05, 0) is 19.3 Å². The Bertz CT molecular complexity index is 299. The number of hydrogen-bond donors (Lipinski definition) is 0. The lowest BCUT2D eigenvalue weighted by Crippen LogP contribution is -1.98. The van der Waals surface area contributed by atoms with Gasteiger partial charge in [0.15, 0.2) is 0 Å². The van der Waals surface area contributed by atoms with Crippen LogP contribution in [0, 0.1) is 11.8 Å². The molecule has 0 rings (SSSR count). The Labute approximate surface area is 138 Å². The molecule has 0 spiro atoms. The lowest BCUT2D eigenvalue weighted by atomic mass is 10.1. The third-order valence-electron chi connectivity index (χ3n) is 3.94. The summed E-state index contributed by atoms with van der Waals surface area (Å²) < 4.78 is 4.60. The average molecular weight is 309 g/mol. The van der Waals surface area contributed by atoms with Gasteiger partial charge in [0, 0.05) is 19.3 Å². The zero-order valence-electron chi connectivity index (χ0n) is 14.9. The van der Waals surface area contributed by atoms with Crippen LogP contribution >= 0.6 is 0 Å². The van der Waals surface area contributed by atoms with Crippen LogP contribution in [0.4, 0.5) is 0 Å². The number of ether oxygens (including phenoxy) is 1. The maximum atomic E-state index is 10.9. The Morgan fingerprint density at radius 1 is 0.727 bits per heavy atom. The van der Waals surface area contributed by atoms with Gasteiger partial charge in [0.05, 0.1) is 7.11 Å². The first-order chi connectivity index (χ1) is 10.8. The highest BCUT2D eigenvalue weighted by Crippen LogP contribution is 2.11. The van der Waals surface area contributed by atoms with E-state index in [4.69, 9.17) is 0 Å². The van der Waals surface area contributed by atoms with E-state index in [1.54, 1.807) is 0 Å². The fourth-order valence-corrected chi connectivity index (χ4v) is 2.46. The van der Waals surface area contributed by atoms with Crippen LogP contribution in [0.15, 0.2) is 0 Å². The van der Waals surface area contributed by atoms with Crippen LogP contribution in [0.1, 0.15) is 103 Å². The molecule has 128 valence electrons. The molecular weight excluding hydrogens is 272 g/mol. The summed E-state index contributed by atoms with van der Waals surface area (Å²) in [6.07, 6.45) is 18.1. The van der Waals surface area contributed by atoms with Crippen LogP contribution in [0.25, 0.3) is 0 Å². The summed E-state index contributed by atoms with van der Waals surface area (Å²) in [5, 5.41) is 0. The molecule has 2 nitrogen and oxygen atoms in total. The summed E-state index contributed by atoms with van der Waals surface area (Å²) >= 11 is 0. The number of methoxy groups -OCH3 is 1. The SMILES string of the molecule is CCCCCCCCCCCCC#CCCCCC(=O)OC. The van der Waals surface area contributed by atoms with Gasteiger partial charge >= 0.3 is 5.97 Å². The number of unbranched alkanes of at least 4 members (excludes halogenated alkanes) is 12. The Hall–Kier alpha value is -0.970. The van der Waals surface area contributed by atoms with E-state index in [1.807, 2.05) is 0 Å². The van der Waals surface area contributed by atoms with E-state index in [2.05, 4.69) is 23.5 Å². The molecule has 0 saturated heterocycles. The summed E-state index contributed by atoms with van der Waals surface area (Å²) in [6.45, 7) is 2.27. The first kappa shape index (κ1) is 21.0. The van der Waals surface area contributed by atoms with Crippen molar-refractivity contribution in [3.8, 4) is 11.8 Å². The first-order valence-corrected chi connectivity index (χ1v) is 9.33. The molecule has 0 aliphatic rings. The molecule has 0 saturated carbocycles. The second-order valence-corrected chi connectivity index (χ2v) is 6.07.